The highest BCUT2D eigenvalue weighted by Crippen LogP contribution is 2.20. The molecule has 5 aromatic heterocycles. The van der Waals surface area contributed by atoms with Crippen molar-refractivity contribution in [2.75, 3.05) is 22.1 Å². The number of hydrogen-bond acceptors (Lipinski definition) is 11. The quantitative estimate of drug-likeness (QED) is 0.0966. The zero-order valence-corrected chi connectivity index (χ0v) is 30.9. The molecule has 6 aromatic rings. The van der Waals surface area contributed by atoms with Crippen LogP contribution in [0.5, 0.6) is 0 Å². The van der Waals surface area contributed by atoms with Gasteiger partial charge in [0.15, 0.2) is 20.5 Å². The number of nitrogens with two attached hydrogens (primary N) is 2. The summed E-state index contributed by atoms with van der Waals surface area (Å²) in [6.07, 6.45) is 5.07. The first-order chi connectivity index (χ1) is 23.9. The highest BCUT2D eigenvalue weighted by atomic mass is 35.5. The molecule has 0 atom stereocenters. The summed E-state index contributed by atoms with van der Waals surface area (Å²) in [7, 11) is 0. The molecule has 6 rings (SSSR count). The number of pyridine rings is 3. The van der Waals surface area contributed by atoms with Crippen molar-refractivity contribution >= 4 is 79.7 Å². The molecular weight excluding hydrogens is 713 g/mol. The van der Waals surface area contributed by atoms with Gasteiger partial charge in [0.1, 0.15) is 41.5 Å². The van der Waals surface area contributed by atoms with Gasteiger partial charge in [-0.15, -0.1) is 20.4 Å². The number of nitrogens with zero attached hydrogens (tertiary/aromatic N) is 9. The molecule has 6 N–H and O–H groups in total. The third-order valence-electron chi connectivity index (χ3n) is 6.20. The molecule has 1 aromatic carbocycles. The molecule has 0 fully saturated rings. The minimum absolute atomic E-state index is 0.0556. The molecule has 13 nitrogen and oxygen atoms in total. The van der Waals surface area contributed by atoms with Gasteiger partial charge in [0.25, 0.3) is 0 Å². The number of thiocarbonyl (C=S) groups is 2. The van der Waals surface area contributed by atoms with Crippen molar-refractivity contribution in [3.8, 4) is 23.0 Å². The molecule has 0 unspecified atom stereocenters. The van der Waals surface area contributed by atoms with Crippen molar-refractivity contribution in [2.45, 2.75) is 39.8 Å². The molecule has 5 heterocycles. The average molecular weight is 751 g/mol. The lowest BCUT2D eigenvalue weighted by Gasteiger charge is -2.12. The highest BCUT2D eigenvalue weighted by molar-refractivity contribution is 7.86. The van der Waals surface area contributed by atoms with E-state index >= 15 is 0 Å². The topological polar surface area (TPSA) is 176 Å². The van der Waals surface area contributed by atoms with E-state index in [1.54, 1.807) is 31.0 Å². The Kier molecular flexibility index (Phi) is 16.1. The van der Waals surface area contributed by atoms with Gasteiger partial charge in [0.05, 0.1) is 0 Å². The predicted molar refractivity (Wildman–Crippen MR) is 211 cm³/mol. The Bertz CT molecular complexity index is 1910. The molecule has 0 radical (unpaired) electrons. The Labute approximate surface area is 311 Å². The third-order valence-corrected chi connectivity index (χ3v) is 6.40. The number of rotatable bonds is 6. The molecule has 17 heteroatoms. The number of hydrogen-bond donors (Lipinski definition) is 4. The summed E-state index contributed by atoms with van der Waals surface area (Å²) in [6, 6.07) is 26.9. The highest BCUT2D eigenvalue weighted by Gasteiger charge is 2.12. The fraction of sp³-hybridized carbons (Fsp3) is 0.182. The van der Waals surface area contributed by atoms with Crippen LogP contribution in [0.4, 0.5) is 23.1 Å². The molecule has 50 heavy (non-hydrogen) atoms. The zero-order valence-electron chi connectivity index (χ0n) is 27.7. The van der Waals surface area contributed by atoms with Crippen molar-refractivity contribution < 1.29 is 0 Å². The standard InChI is InChI=1S/C17H18N6S.C10H13N5.C5H6N2.CCl2S/c1-12(2)23-11-18-22-16(23)14-9-6-10-15(20-14)21-17(24)19-13-7-4-3-5-8-13;1-7(2)15-6-12-14-10(15)8-4-3-5-9(11)13-8;6-5-3-1-2-4-7-5;2-1(3)4/h3-12H,1-2H3,(H2,19,20,21,24);3-7H,1-2H3,(H2,11,13);1-4H,(H2,6,7);. The SMILES string of the molecule is CC(C)n1cnnc1-c1cccc(N)n1.CC(C)n1cnnc1-c1cccc(NC(=S)Nc2ccccc2)n1.Nc1ccccn1.S=C(Cl)Cl. The van der Waals surface area contributed by atoms with Gasteiger partial charge >= 0.3 is 0 Å². The summed E-state index contributed by atoms with van der Waals surface area (Å²) in [5, 5.41) is 22.8. The third kappa shape index (κ3) is 13.4. The second kappa shape index (κ2) is 20.4. The van der Waals surface area contributed by atoms with E-state index in [1.165, 1.54) is 0 Å². The molecule has 0 saturated heterocycles. The van der Waals surface area contributed by atoms with Gasteiger partial charge in [-0.05, 0) is 88.4 Å². The fourth-order valence-corrected chi connectivity index (χ4v) is 4.21. The zero-order chi connectivity index (χ0) is 36.5. The van der Waals surface area contributed by atoms with Crippen LogP contribution >= 0.6 is 47.6 Å². The second-order valence-corrected chi connectivity index (χ2v) is 12.8. The number of para-hydroxylation sites is 1. The molecule has 0 aliphatic carbocycles. The molecule has 0 spiro atoms. The summed E-state index contributed by atoms with van der Waals surface area (Å²) >= 11 is 18.9. The van der Waals surface area contributed by atoms with Crippen LogP contribution in [0.3, 0.4) is 0 Å². The number of benzene rings is 1. The maximum Gasteiger partial charge on any atom is 0.182 e. The molecular formula is C33H37Cl2N13S2. The van der Waals surface area contributed by atoms with Gasteiger partial charge in [-0.1, -0.05) is 71.8 Å². The van der Waals surface area contributed by atoms with Crippen molar-refractivity contribution in [1.82, 2.24) is 44.5 Å². The number of nitrogen functional groups attached to an aromatic ring is 2. The first-order valence-electron chi connectivity index (χ1n) is 15.1. The number of aromatic nitrogens is 9. The molecule has 0 aliphatic heterocycles. The van der Waals surface area contributed by atoms with Crippen LogP contribution in [0.25, 0.3) is 23.0 Å². The van der Waals surface area contributed by atoms with E-state index in [9.17, 15) is 0 Å². The summed E-state index contributed by atoms with van der Waals surface area (Å²) < 4.78 is 3.88. The van der Waals surface area contributed by atoms with Gasteiger partial charge < -0.3 is 31.2 Å². The van der Waals surface area contributed by atoms with E-state index in [-0.39, 0.29) is 9.82 Å². The Morgan fingerprint density at radius 1 is 0.660 bits per heavy atom. The summed E-state index contributed by atoms with van der Waals surface area (Å²) in [6.45, 7) is 8.29. The maximum absolute atomic E-state index is 5.62. The van der Waals surface area contributed by atoms with E-state index in [0.29, 0.717) is 28.6 Å². The summed E-state index contributed by atoms with van der Waals surface area (Å²) in [5.74, 6) is 3.19. The van der Waals surface area contributed by atoms with E-state index in [2.05, 4.69) is 85.9 Å². The van der Waals surface area contributed by atoms with Gasteiger partial charge in [0.2, 0.25) is 0 Å². The van der Waals surface area contributed by atoms with Crippen molar-refractivity contribution in [1.29, 1.82) is 0 Å². The van der Waals surface area contributed by atoms with Gasteiger partial charge in [0, 0.05) is 24.0 Å². The number of nitrogens with one attached hydrogen (secondary N) is 2. The molecule has 0 amide bonds. The predicted octanol–water partition coefficient (Wildman–Crippen LogP) is 7.65. The van der Waals surface area contributed by atoms with Crippen LogP contribution in [0, 0.1) is 0 Å². The van der Waals surface area contributed by atoms with Gasteiger partial charge in [-0.3, -0.25) is 0 Å². The normalized spacial score (nSPS) is 10.1. The number of anilines is 4. The van der Waals surface area contributed by atoms with Crippen molar-refractivity contribution in [2.24, 2.45) is 0 Å². The molecule has 0 aliphatic rings. The second-order valence-electron chi connectivity index (χ2n) is 10.6. The Morgan fingerprint density at radius 3 is 1.66 bits per heavy atom. The lowest BCUT2D eigenvalue weighted by atomic mass is 10.3. The maximum atomic E-state index is 5.62. The van der Waals surface area contributed by atoms with Crippen molar-refractivity contribution in [3.05, 3.63) is 104 Å². The van der Waals surface area contributed by atoms with Crippen LogP contribution in [0.2, 0.25) is 0 Å². The van der Waals surface area contributed by atoms with Gasteiger partial charge in [-0.2, -0.15) is 0 Å². The van der Waals surface area contributed by atoms with E-state index < -0.39 is 0 Å². The number of halogens is 2. The Hall–Kier alpha value is -5.09. The molecule has 0 saturated carbocycles. The van der Waals surface area contributed by atoms with Crippen LogP contribution in [0.1, 0.15) is 39.8 Å². The average Bonchev–Trinajstić information content (AvgIpc) is 3.78. The van der Waals surface area contributed by atoms with Crippen LogP contribution in [0.15, 0.2) is 104 Å². The monoisotopic (exact) mass is 749 g/mol. The Balaban J connectivity index is 0.000000219. The lowest BCUT2D eigenvalue weighted by Crippen LogP contribution is -2.19. The minimum Gasteiger partial charge on any atom is -0.384 e. The first kappa shape index (κ1) is 39.3. The smallest absolute Gasteiger partial charge is 0.182 e. The van der Waals surface area contributed by atoms with Gasteiger partial charge in [-0.25, -0.2) is 15.0 Å². The molecule has 0 bridgehead atoms. The molecule has 260 valence electrons. The lowest BCUT2D eigenvalue weighted by molar-refractivity contribution is 0.603. The van der Waals surface area contributed by atoms with E-state index in [1.807, 2.05) is 81.9 Å². The summed E-state index contributed by atoms with van der Waals surface area (Å²) in [4.78, 5) is 12.5. The minimum atomic E-state index is -0.0556. The summed E-state index contributed by atoms with van der Waals surface area (Å²) in [5.41, 5.74) is 13.3. The first-order valence-corrected chi connectivity index (χ1v) is 16.7. The fourth-order valence-electron chi connectivity index (χ4n) is 3.99. The van der Waals surface area contributed by atoms with Crippen molar-refractivity contribution in [3.63, 3.8) is 0 Å². The van der Waals surface area contributed by atoms with Crippen LogP contribution < -0.4 is 22.1 Å². The van der Waals surface area contributed by atoms with E-state index in [0.717, 1.165) is 28.7 Å². The van der Waals surface area contributed by atoms with Crippen LogP contribution in [-0.4, -0.2) is 53.4 Å². The largest absolute Gasteiger partial charge is 0.384 e. The van der Waals surface area contributed by atoms with E-state index in [4.69, 9.17) is 46.9 Å². The van der Waals surface area contributed by atoms with Crippen LogP contribution in [-0.2, 0) is 0 Å². The Morgan fingerprint density at radius 2 is 1.18 bits per heavy atom.